The molecule has 0 aromatic heterocycles. The number of carbonyl (C=O) groups excluding carboxylic acids is 3. The van der Waals surface area contributed by atoms with Gasteiger partial charge in [0.15, 0.2) is 19.7 Å². The number of hydrogen-bond donors (Lipinski definition) is 6. The minimum atomic E-state index is -3.57. The van der Waals surface area contributed by atoms with Crippen LogP contribution >= 0.6 is 0 Å². The summed E-state index contributed by atoms with van der Waals surface area (Å²) in [6.45, 7) is 12.1. The van der Waals surface area contributed by atoms with E-state index >= 15 is 0 Å². The molecule has 2 aromatic rings. The van der Waals surface area contributed by atoms with Crippen molar-refractivity contribution < 1.29 is 49.9 Å². The van der Waals surface area contributed by atoms with Crippen molar-refractivity contribution in [3.05, 3.63) is 95.8 Å². The van der Waals surface area contributed by atoms with Gasteiger partial charge in [-0.2, -0.15) is 0 Å². The van der Waals surface area contributed by atoms with Crippen LogP contribution in [-0.4, -0.2) is 111 Å². The topological polar surface area (TPSA) is 245 Å². The monoisotopic (exact) mass is 1080 g/mol. The van der Waals surface area contributed by atoms with E-state index < -0.39 is 52.3 Å². The molecule has 0 saturated carbocycles. The molecule has 3 unspecified atom stereocenters. The predicted octanol–water partition coefficient (Wildman–Crippen LogP) is 8.15. The molecule has 0 fully saturated rings. The largest absolute Gasteiger partial charge is 0.481 e. The molecule has 2 aliphatic heterocycles. The normalized spacial score (nSPS) is 22.8. The Bertz CT molecular complexity index is 2750. The van der Waals surface area contributed by atoms with Gasteiger partial charge < -0.3 is 35.8 Å². The lowest BCUT2D eigenvalue weighted by atomic mass is 9.77. The Morgan fingerprint density at radius 1 is 0.770 bits per heavy atom. The summed E-state index contributed by atoms with van der Waals surface area (Å²) in [5, 5.41) is 21.2. The summed E-state index contributed by atoms with van der Waals surface area (Å²) < 4.78 is 73.7. The van der Waals surface area contributed by atoms with E-state index in [1.807, 2.05) is 44.2 Å². The molecule has 19 heteroatoms. The molecule has 410 valence electrons. The van der Waals surface area contributed by atoms with E-state index in [4.69, 9.17) is 5.11 Å². The molecule has 2 heterocycles. The van der Waals surface area contributed by atoms with E-state index in [-0.39, 0.29) is 46.1 Å². The summed E-state index contributed by atoms with van der Waals surface area (Å²) >= 11 is 0. The number of carboxylic acid groups (broad SMARTS) is 1. The number of aliphatic carboxylic acids is 1. The lowest BCUT2D eigenvalue weighted by molar-refractivity contribution is -0.137. The Hall–Kier alpha value is -5.24. The van der Waals surface area contributed by atoms with Gasteiger partial charge in [-0.1, -0.05) is 70.4 Å². The number of fused-ring (bicyclic) bond motifs is 4. The third-order valence-corrected chi connectivity index (χ3v) is 17.0. The molecule has 3 amide bonds. The van der Waals surface area contributed by atoms with Gasteiger partial charge >= 0.3 is 5.97 Å². The van der Waals surface area contributed by atoms with E-state index in [1.54, 1.807) is 36.4 Å². The number of nitrogens with zero attached hydrogens (tertiary/aromatic N) is 1. The van der Waals surface area contributed by atoms with Crippen LogP contribution < -0.4 is 26.2 Å². The number of nitrogens with one attached hydrogen (secondary N) is 4. The first-order valence-electron chi connectivity index (χ1n) is 25.8. The van der Waals surface area contributed by atoms with Crippen LogP contribution in [0.25, 0.3) is 0 Å². The van der Waals surface area contributed by atoms with Crippen molar-refractivity contribution in [2.45, 2.75) is 157 Å². The maximum Gasteiger partial charge on any atom is 0.303 e. The van der Waals surface area contributed by atoms with Crippen LogP contribution in [0, 0.1) is 0 Å². The summed E-state index contributed by atoms with van der Waals surface area (Å²) in [7, 11) is -10.4. The van der Waals surface area contributed by atoms with Gasteiger partial charge in [-0.15, -0.1) is 0 Å². The molecular formula is C55H81N5O11S3. The average Bonchev–Trinajstić information content (AvgIpc) is 3.54. The lowest BCUT2D eigenvalue weighted by Gasteiger charge is -2.30. The Labute approximate surface area is 441 Å². The molecule has 0 radical (unpaired) electrons. The predicted molar refractivity (Wildman–Crippen MR) is 298 cm³/mol. The molecular weight excluding hydrogens is 1000 g/mol. The van der Waals surface area contributed by atoms with Crippen LogP contribution in [0.5, 0.6) is 0 Å². The van der Waals surface area contributed by atoms with Crippen molar-refractivity contribution in [2.24, 2.45) is 0 Å². The number of carboxylic acids is 1. The fourth-order valence-corrected chi connectivity index (χ4v) is 11.3. The number of unbranched alkanes of at least 4 members (excludes halogenated alkanes) is 2. The molecule has 16 nitrogen and oxygen atoms in total. The quantitative estimate of drug-likeness (QED) is 0.0820. The van der Waals surface area contributed by atoms with Crippen LogP contribution in [0.15, 0.2) is 94.4 Å². The molecule has 0 aliphatic carbocycles. The molecule has 3 atom stereocenters. The maximum absolute atomic E-state index is 13.3. The average molecular weight is 1080 g/mol. The minimum absolute atomic E-state index is 0.0249. The van der Waals surface area contributed by atoms with Crippen molar-refractivity contribution >= 4 is 70.4 Å². The van der Waals surface area contributed by atoms with Crippen molar-refractivity contribution in [1.29, 1.82) is 0 Å². The lowest BCUT2D eigenvalue weighted by Crippen LogP contribution is -2.47. The summed E-state index contributed by atoms with van der Waals surface area (Å²) in [6.07, 6.45) is 20.6. The second-order valence-electron chi connectivity index (χ2n) is 20.5. The number of rotatable bonds is 13. The highest BCUT2D eigenvalue weighted by Gasteiger charge is 2.43. The van der Waals surface area contributed by atoms with Gasteiger partial charge in [0.1, 0.15) is 6.04 Å². The third-order valence-electron chi connectivity index (χ3n) is 13.9. The number of anilines is 2. The Morgan fingerprint density at radius 3 is 2.08 bits per heavy atom. The number of allylic oxidation sites excluding steroid dienone is 7. The van der Waals surface area contributed by atoms with Crippen molar-refractivity contribution in [2.75, 3.05) is 54.7 Å². The standard InChI is InChI=1S/C55H81N5O11S3/c1-41-23-12-8-13-25-49-55(4,45-40-43(74(7,70)71)30-32-48(45)60(49)37-22-38-72(5,66)67)33-18-9-14-26-50(61)57-35-21-17-24-47(53(65)58-36-20-11-16-28-52(63)64)59-51(62)27-15-10-19-34-56-46-31-29-42(73(6,68)69)39-44(46)54(41,2)3/h8,12-13,23,25,29-32,39-40,47,56H,1,5,9-11,14-22,24,26-28,33-38H2,2-4,6-7H3,(H,57,61)(H,58,65)(H,59,62)(H,63,64)(H,66,67)/b13-8+,23-12+,49-25-. The fraction of sp³-hybridized carbons (Fsp3) is 0.545. The van der Waals surface area contributed by atoms with Crippen molar-refractivity contribution in [3.8, 4) is 0 Å². The zero-order chi connectivity index (χ0) is 54.7. The zero-order valence-corrected chi connectivity index (χ0v) is 46.6. The highest BCUT2D eigenvalue weighted by molar-refractivity contribution is 7.95. The van der Waals surface area contributed by atoms with E-state index in [1.165, 1.54) is 12.5 Å². The number of benzene rings is 2. The van der Waals surface area contributed by atoms with Crippen LogP contribution in [0.1, 0.15) is 141 Å². The Kier molecular flexibility index (Phi) is 23.2. The fourth-order valence-electron chi connectivity index (χ4n) is 9.39. The van der Waals surface area contributed by atoms with Gasteiger partial charge in [-0.05, 0) is 136 Å². The SMILES string of the molecule is C=C1/C=C/C=C/C=C2\N(CCCS(=C)(=O)O)c3ccc(S(C)(=O)=O)cc3C2(C)CCCCCC(=O)NCCCCC(C(=O)NCCCCCC(=O)O)NC(=O)CCCCCNc2ccc(S(C)(=O)=O)cc2C1(C)C. The number of carbonyl (C=O) groups is 4. The summed E-state index contributed by atoms with van der Waals surface area (Å²) in [5.41, 5.74) is 3.25. The van der Waals surface area contributed by atoms with E-state index in [2.05, 4.69) is 45.5 Å². The van der Waals surface area contributed by atoms with Crippen LogP contribution in [-0.2, 0) is 59.5 Å². The van der Waals surface area contributed by atoms with Crippen LogP contribution in [0.3, 0.4) is 0 Å². The second-order valence-corrected chi connectivity index (χ2v) is 26.4. The van der Waals surface area contributed by atoms with Gasteiger partial charge in [0, 0.05) is 91.6 Å². The van der Waals surface area contributed by atoms with Crippen molar-refractivity contribution in [1.82, 2.24) is 16.0 Å². The minimum Gasteiger partial charge on any atom is -0.481 e. The molecule has 0 spiro atoms. The van der Waals surface area contributed by atoms with E-state index in [0.29, 0.717) is 128 Å². The van der Waals surface area contributed by atoms with Gasteiger partial charge in [0.25, 0.3) is 0 Å². The molecule has 2 aromatic carbocycles. The highest BCUT2D eigenvalue weighted by Crippen LogP contribution is 2.51. The molecule has 0 saturated heterocycles. The third kappa shape index (κ3) is 19.2. The summed E-state index contributed by atoms with van der Waals surface area (Å²) in [6, 6.07) is 9.35. The van der Waals surface area contributed by atoms with E-state index in [0.717, 1.165) is 28.2 Å². The van der Waals surface area contributed by atoms with Gasteiger partial charge in [0.05, 0.1) is 19.6 Å². The number of sulfone groups is 2. The molecule has 0 bridgehead atoms. The first-order chi connectivity index (χ1) is 34.7. The number of amides is 3. The first kappa shape index (κ1) is 61.3. The van der Waals surface area contributed by atoms with Crippen molar-refractivity contribution in [3.63, 3.8) is 0 Å². The van der Waals surface area contributed by atoms with Crippen LogP contribution in [0.2, 0.25) is 0 Å². The molecule has 74 heavy (non-hydrogen) atoms. The Balaban J connectivity index is 1.65. The highest BCUT2D eigenvalue weighted by atomic mass is 32.2. The summed E-state index contributed by atoms with van der Waals surface area (Å²) in [4.78, 5) is 52.8. The maximum atomic E-state index is 13.3. The Morgan fingerprint density at radius 2 is 1.41 bits per heavy atom. The zero-order valence-electron chi connectivity index (χ0n) is 44.1. The van der Waals surface area contributed by atoms with E-state index in [9.17, 15) is 44.8 Å². The molecule has 2 aliphatic rings. The van der Waals surface area contributed by atoms with Crippen LogP contribution in [0.4, 0.5) is 11.4 Å². The number of hydrogen-bond acceptors (Lipinski definition) is 11. The molecule has 6 N–H and O–H groups in total. The second kappa shape index (κ2) is 28.1. The smallest absolute Gasteiger partial charge is 0.303 e. The van der Waals surface area contributed by atoms with Gasteiger partial charge in [-0.25, -0.2) is 21.0 Å². The van der Waals surface area contributed by atoms with Gasteiger partial charge in [0.2, 0.25) is 17.7 Å². The first-order valence-corrected chi connectivity index (χ1v) is 31.5. The summed E-state index contributed by atoms with van der Waals surface area (Å²) in [5.74, 6) is 1.88. The van der Waals surface area contributed by atoms with Gasteiger partial charge in [-0.3, -0.25) is 19.2 Å². The molecule has 4 rings (SSSR count).